The Balaban J connectivity index is 1.46. The molecule has 42 heavy (non-hydrogen) atoms. The molecule has 0 aromatic heterocycles. The van der Waals surface area contributed by atoms with E-state index in [9.17, 15) is 27.6 Å². The number of urea groups is 1. The summed E-state index contributed by atoms with van der Waals surface area (Å²) in [6, 6.07) is 19.1. The molecule has 3 aromatic rings. The van der Waals surface area contributed by atoms with E-state index in [-0.39, 0.29) is 37.6 Å². The van der Waals surface area contributed by atoms with Gasteiger partial charge in [-0.3, -0.25) is 9.59 Å². The summed E-state index contributed by atoms with van der Waals surface area (Å²) >= 11 is 0. The van der Waals surface area contributed by atoms with Crippen LogP contribution < -0.4 is 10.1 Å². The van der Waals surface area contributed by atoms with E-state index in [1.54, 1.807) is 56.6 Å². The number of piperazine rings is 1. The zero-order chi connectivity index (χ0) is 30.0. The normalized spacial score (nSPS) is 19.5. The fourth-order valence-corrected chi connectivity index (χ4v) is 5.37. The number of likely N-dealkylation sites (N-methyl/N-ethyl adjacent to an activating group) is 1. The maximum absolute atomic E-state index is 13.9. The molecule has 2 fully saturated rings. The summed E-state index contributed by atoms with van der Waals surface area (Å²) in [6.07, 6.45) is -5.44. The number of hydrogen-bond acceptors (Lipinski definition) is 5. The topological polar surface area (TPSA) is 85.4 Å². The monoisotopic (exact) mass is 581 g/mol. The van der Waals surface area contributed by atoms with Gasteiger partial charge in [0.25, 0.3) is 5.91 Å². The van der Waals surface area contributed by atoms with Crippen LogP contribution in [0.1, 0.15) is 28.3 Å². The van der Waals surface area contributed by atoms with Gasteiger partial charge >= 0.3 is 12.2 Å². The summed E-state index contributed by atoms with van der Waals surface area (Å²) in [6.45, 7) is -0.167. The Morgan fingerprint density at radius 3 is 2.36 bits per heavy atom. The van der Waals surface area contributed by atoms with E-state index in [0.717, 1.165) is 17.7 Å². The van der Waals surface area contributed by atoms with Crippen LogP contribution in [0.5, 0.6) is 5.75 Å². The number of ether oxygens (including phenoxy) is 1. The summed E-state index contributed by atoms with van der Waals surface area (Å²) in [5.74, 6) is -0.108. The fourth-order valence-electron chi connectivity index (χ4n) is 5.37. The minimum Gasteiger partial charge on any atom is -0.497 e. The van der Waals surface area contributed by atoms with Crippen LogP contribution in [-0.2, 0) is 28.9 Å². The molecule has 12 heteroatoms. The first-order valence-electron chi connectivity index (χ1n) is 13.3. The molecule has 0 saturated carbocycles. The standard InChI is InChI=1S/C30H30F3N5O4/c1-35-19-26(39)37-25(38(35)29(41)34-16-20-11-13-24(42-2)14-12-20)18-36(28(40)27(37)22-8-4-3-5-9-22)17-21-7-6-10-23(15-21)30(31,32)33/h3-15,25,27H,16-19H2,1-2H3,(H,34,41)/t25?,27-/m0/s1. The molecular weight excluding hydrogens is 551 g/mol. The molecule has 2 heterocycles. The van der Waals surface area contributed by atoms with Crippen LogP contribution in [0.2, 0.25) is 0 Å². The summed E-state index contributed by atoms with van der Waals surface area (Å²) < 4.78 is 45.4. The van der Waals surface area contributed by atoms with Crippen molar-refractivity contribution in [2.45, 2.75) is 31.5 Å². The second-order valence-electron chi connectivity index (χ2n) is 10.2. The summed E-state index contributed by atoms with van der Waals surface area (Å²) in [7, 11) is 3.16. The van der Waals surface area contributed by atoms with Crippen molar-refractivity contribution in [3.05, 3.63) is 101 Å². The molecule has 1 unspecified atom stereocenters. The third kappa shape index (κ3) is 5.89. The Morgan fingerprint density at radius 2 is 1.69 bits per heavy atom. The van der Waals surface area contributed by atoms with E-state index >= 15 is 0 Å². The van der Waals surface area contributed by atoms with Crippen LogP contribution in [-0.4, -0.2) is 71.1 Å². The number of hydrogen-bond donors (Lipinski definition) is 1. The van der Waals surface area contributed by atoms with Gasteiger partial charge in [-0.1, -0.05) is 54.6 Å². The molecule has 0 bridgehead atoms. The van der Waals surface area contributed by atoms with Crippen molar-refractivity contribution in [3.63, 3.8) is 0 Å². The number of methoxy groups -OCH3 is 1. The number of carbonyl (C=O) groups is 3. The average molecular weight is 582 g/mol. The highest BCUT2D eigenvalue weighted by Crippen LogP contribution is 2.36. The number of fused-ring (bicyclic) bond motifs is 1. The van der Waals surface area contributed by atoms with Crippen molar-refractivity contribution in [3.8, 4) is 5.75 Å². The Morgan fingerprint density at radius 1 is 0.976 bits per heavy atom. The summed E-state index contributed by atoms with van der Waals surface area (Å²) in [5.41, 5.74) is 0.823. The molecule has 2 aliphatic rings. The Hall–Kier alpha value is -4.58. The van der Waals surface area contributed by atoms with Crippen molar-refractivity contribution in [1.82, 2.24) is 25.1 Å². The van der Waals surface area contributed by atoms with E-state index in [1.807, 2.05) is 12.1 Å². The lowest BCUT2D eigenvalue weighted by molar-refractivity contribution is -0.188. The molecule has 2 aliphatic heterocycles. The number of alkyl halides is 3. The van der Waals surface area contributed by atoms with Gasteiger partial charge in [-0.2, -0.15) is 13.2 Å². The third-order valence-electron chi connectivity index (χ3n) is 7.38. The van der Waals surface area contributed by atoms with Crippen molar-refractivity contribution >= 4 is 17.8 Å². The van der Waals surface area contributed by atoms with Crippen LogP contribution >= 0.6 is 0 Å². The largest absolute Gasteiger partial charge is 0.497 e. The molecule has 5 rings (SSSR count). The minimum absolute atomic E-state index is 0.0928. The minimum atomic E-state index is -4.54. The van der Waals surface area contributed by atoms with Gasteiger partial charge in [-0.25, -0.2) is 14.8 Å². The van der Waals surface area contributed by atoms with E-state index in [2.05, 4.69) is 5.32 Å². The van der Waals surface area contributed by atoms with Crippen molar-refractivity contribution in [1.29, 1.82) is 0 Å². The number of carbonyl (C=O) groups excluding carboxylic acids is 3. The van der Waals surface area contributed by atoms with Gasteiger partial charge < -0.3 is 19.9 Å². The Bertz CT molecular complexity index is 1450. The van der Waals surface area contributed by atoms with Gasteiger partial charge in [0.15, 0.2) is 0 Å². The molecule has 1 N–H and O–H groups in total. The van der Waals surface area contributed by atoms with Crippen LogP contribution in [0.3, 0.4) is 0 Å². The maximum Gasteiger partial charge on any atom is 0.416 e. The second kappa shape index (κ2) is 11.7. The molecule has 0 aliphatic carbocycles. The molecular formula is C30H30F3N5O4. The molecule has 2 atom stereocenters. The van der Waals surface area contributed by atoms with Crippen molar-refractivity contribution in [2.24, 2.45) is 0 Å². The smallest absolute Gasteiger partial charge is 0.416 e. The SMILES string of the molecule is COc1ccc(CNC(=O)N2C3CN(Cc4cccc(C(F)(F)F)c4)C(=O)[C@H](c4ccccc4)N3C(=O)CN2C)cc1. The first kappa shape index (κ1) is 28.9. The van der Waals surface area contributed by atoms with Crippen molar-refractivity contribution in [2.75, 3.05) is 27.2 Å². The van der Waals surface area contributed by atoms with Crippen LogP contribution in [0.4, 0.5) is 18.0 Å². The number of rotatable bonds is 6. The Labute approximate surface area is 241 Å². The number of halogens is 3. The fraction of sp³-hybridized carbons (Fsp3) is 0.300. The van der Waals surface area contributed by atoms with Crippen molar-refractivity contribution < 1.29 is 32.3 Å². The zero-order valence-corrected chi connectivity index (χ0v) is 23.0. The van der Waals surface area contributed by atoms with Gasteiger partial charge in [0.2, 0.25) is 5.91 Å². The molecule has 2 saturated heterocycles. The van der Waals surface area contributed by atoms with E-state index < -0.39 is 35.9 Å². The average Bonchev–Trinajstić information content (AvgIpc) is 2.97. The molecule has 0 spiro atoms. The quantitative estimate of drug-likeness (QED) is 0.476. The number of hydrazine groups is 1. The van der Waals surface area contributed by atoms with Crippen LogP contribution in [0.25, 0.3) is 0 Å². The first-order valence-corrected chi connectivity index (χ1v) is 13.3. The first-order chi connectivity index (χ1) is 20.1. The third-order valence-corrected chi connectivity index (χ3v) is 7.38. The molecule has 9 nitrogen and oxygen atoms in total. The Kier molecular flexibility index (Phi) is 8.08. The lowest BCUT2D eigenvalue weighted by Crippen LogP contribution is -2.73. The van der Waals surface area contributed by atoms with Gasteiger partial charge in [-0.15, -0.1) is 0 Å². The van der Waals surface area contributed by atoms with E-state index in [1.165, 1.54) is 32.0 Å². The summed E-state index contributed by atoms with van der Waals surface area (Å²) in [5, 5.41) is 5.77. The summed E-state index contributed by atoms with van der Waals surface area (Å²) in [4.78, 5) is 43.7. The molecule has 0 radical (unpaired) electrons. The molecule has 220 valence electrons. The van der Waals surface area contributed by atoms with Crippen LogP contribution in [0.15, 0.2) is 78.9 Å². The maximum atomic E-state index is 13.9. The molecule has 4 amide bonds. The van der Waals surface area contributed by atoms with Crippen LogP contribution in [0, 0.1) is 0 Å². The highest BCUT2D eigenvalue weighted by atomic mass is 19.4. The number of benzene rings is 3. The number of nitrogens with one attached hydrogen (secondary N) is 1. The predicted octanol–water partition coefficient (Wildman–Crippen LogP) is 4.02. The van der Waals surface area contributed by atoms with Gasteiger partial charge in [0.05, 0.1) is 25.8 Å². The highest BCUT2D eigenvalue weighted by molar-refractivity contribution is 5.92. The molecule has 3 aromatic carbocycles. The predicted molar refractivity (Wildman–Crippen MR) is 146 cm³/mol. The van der Waals surface area contributed by atoms with Gasteiger partial charge in [0, 0.05) is 20.1 Å². The number of amides is 4. The zero-order valence-electron chi connectivity index (χ0n) is 23.0. The van der Waals surface area contributed by atoms with Gasteiger partial charge in [0.1, 0.15) is 18.0 Å². The number of nitrogens with zero attached hydrogens (tertiary/aromatic N) is 4. The second-order valence-corrected chi connectivity index (χ2v) is 10.2. The lowest BCUT2D eigenvalue weighted by Gasteiger charge is -2.54. The van der Waals surface area contributed by atoms with E-state index in [0.29, 0.717) is 11.3 Å². The highest BCUT2D eigenvalue weighted by Gasteiger charge is 2.51. The van der Waals surface area contributed by atoms with Gasteiger partial charge in [-0.05, 0) is 41.0 Å². The lowest BCUT2D eigenvalue weighted by atomic mass is 9.98. The van der Waals surface area contributed by atoms with E-state index in [4.69, 9.17) is 4.74 Å².